The average Bonchev–Trinajstić information content (AvgIpc) is 2.95. The van der Waals surface area contributed by atoms with Crippen LogP contribution in [0.3, 0.4) is 0 Å². The maximum Gasteiger partial charge on any atom is 0.324 e. The molecule has 2 fully saturated rings. The molecule has 7 heteroatoms. The van der Waals surface area contributed by atoms with E-state index in [-0.39, 0.29) is 11.9 Å². The molecule has 0 aromatic heterocycles. The lowest BCUT2D eigenvalue weighted by molar-refractivity contribution is -0.129. The Morgan fingerprint density at radius 1 is 1.32 bits per heavy atom. The van der Waals surface area contributed by atoms with Crippen LogP contribution in [0.25, 0.3) is 0 Å². The highest BCUT2D eigenvalue weighted by atomic mass is 16.5. The number of carbonyl (C=O) groups excluding carboxylic acids is 2. The molecule has 0 bridgehead atoms. The van der Waals surface area contributed by atoms with E-state index in [1.54, 1.807) is 0 Å². The molecule has 1 unspecified atom stereocenters. The number of rotatable bonds is 7. The van der Waals surface area contributed by atoms with Gasteiger partial charge in [0, 0.05) is 51.9 Å². The van der Waals surface area contributed by atoms with E-state index in [0.29, 0.717) is 25.7 Å². The lowest BCUT2D eigenvalue weighted by Crippen LogP contribution is -2.55. The summed E-state index contributed by atoms with van der Waals surface area (Å²) in [6.07, 6.45) is 1.06. The van der Waals surface area contributed by atoms with Crippen molar-refractivity contribution in [3.63, 3.8) is 0 Å². The zero-order valence-corrected chi connectivity index (χ0v) is 13.7. The first kappa shape index (κ1) is 17.2. The molecule has 0 aromatic carbocycles. The van der Waals surface area contributed by atoms with Crippen LogP contribution in [-0.4, -0.2) is 91.7 Å². The molecule has 0 radical (unpaired) electrons. The molecule has 2 saturated heterocycles. The summed E-state index contributed by atoms with van der Waals surface area (Å²) in [6.45, 7) is 10.7. The van der Waals surface area contributed by atoms with Gasteiger partial charge in [-0.25, -0.2) is 4.79 Å². The van der Waals surface area contributed by atoms with Crippen molar-refractivity contribution in [2.75, 3.05) is 59.0 Å². The van der Waals surface area contributed by atoms with Crippen molar-refractivity contribution in [3.8, 4) is 0 Å². The Bertz CT molecular complexity index is 391. The predicted molar refractivity (Wildman–Crippen MR) is 83.7 cm³/mol. The number of amides is 3. The Labute approximate surface area is 132 Å². The van der Waals surface area contributed by atoms with E-state index in [9.17, 15) is 9.59 Å². The van der Waals surface area contributed by atoms with Gasteiger partial charge in [0.1, 0.15) is 0 Å². The van der Waals surface area contributed by atoms with Crippen LogP contribution < -0.4 is 5.32 Å². The normalized spacial score (nSPS) is 23.8. The smallest absolute Gasteiger partial charge is 0.324 e. The maximum atomic E-state index is 12.2. The molecule has 2 heterocycles. The van der Waals surface area contributed by atoms with E-state index in [2.05, 4.69) is 22.0 Å². The minimum absolute atomic E-state index is 0.0902. The van der Waals surface area contributed by atoms with Gasteiger partial charge < -0.3 is 10.1 Å². The van der Waals surface area contributed by atoms with Crippen molar-refractivity contribution in [2.45, 2.75) is 26.3 Å². The summed E-state index contributed by atoms with van der Waals surface area (Å²) in [7, 11) is 0. The fourth-order valence-corrected chi connectivity index (χ4v) is 3.09. The molecule has 3 amide bonds. The van der Waals surface area contributed by atoms with Crippen molar-refractivity contribution >= 4 is 11.9 Å². The Morgan fingerprint density at radius 2 is 2.14 bits per heavy atom. The fourth-order valence-electron chi connectivity index (χ4n) is 3.09. The number of nitrogens with one attached hydrogen (secondary N) is 1. The highest BCUT2D eigenvalue weighted by Crippen LogP contribution is 2.13. The molecule has 22 heavy (non-hydrogen) atoms. The second kappa shape index (κ2) is 8.45. The van der Waals surface area contributed by atoms with Crippen molar-refractivity contribution < 1.29 is 14.3 Å². The van der Waals surface area contributed by atoms with Crippen LogP contribution in [0.1, 0.15) is 20.3 Å². The van der Waals surface area contributed by atoms with Crippen LogP contribution >= 0.6 is 0 Å². The van der Waals surface area contributed by atoms with Crippen LogP contribution in [0, 0.1) is 0 Å². The largest absolute Gasteiger partial charge is 0.380 e. The molecule has 0 aliphatic carbocycles. The van der Waals surface area contributed by atoms with Gasteiger partial charge in [0.05, 0.1) is 13.2 Å². The number of carbonyl (C=O) groups is 2. The number of hydrogen-bond acceptors (Lipinski definition) is 5. The van der Waals surface area contributed by atoms with E-state index in [0.717, 1.165) is 45.8 Å². The van der Waals surface area contributed by atoms with E-state index in [1.807, 2.05) is 6.92 Å². The summed E-state index contributed by atoms with van der Waals surface area (Å²) < 4.78 is 5.44. The van der Waals surface area contributed by atoms with Crippen LogP contribution in [0.2, 0.25) is 0 Å². The van der Waals surface area contributed by atoms with Gasteiger partial charge in [-0.2, -0.15) is 0 Å². The topological polar surface area (TPSA) is 65.1 Å². The number of hydrogen-bond donors (Lipinski definition) is 1. The molecule has 0 saturated carbocycles. The van der Waals surface area contributed by atoms with Crippen LogP contribution in [0.15, 0.2) is 0 Å². The van der Waals surface area contributed by atoms with Gasteiger partial charge in [-0.3, -0.25) is 19.5 Å². The quantitative estimate of drug-likeness (QED) is 0.669. The Hall–Kier alpha value is -1.18. The minimum atomic E-state index is -0.257. The molecule has 0 spiro atoms. The van der Waals surface area contributed by atoms with Gasteiger partial charge >= 0.3 is 6.03 Å². The fraction of sp³-hybridized carbons (Fsp3) is 0.867. The first-order valence-corrected chi connectivity index (χ1v) is 8.28. The molecular formula is C15H28N4O3. The zero-order chi connectivity index (χ0) is 15.9. The molecule has 1 N–H and O–H groups in total. The van der Waals surface area contributed by atoms with E-state index in [4.69, 9.17) is 4.74 Å². The van der Waals surface area contributed by atoms with Crippen molar-refractivity contribution in [2.24, 2.45) is 0 Å². The first-order chi connectivity index (χ1) is 10.7. The Balaban J connectivity index is 1.79. The van der Waals surface area contributed by atoms with Gasteiger partial charge in [-0.1, -0.05) is 6.92 Å². The second-order valence-corrected chi connectivity index (χ2v) is 5.81. The third kappa shape index (κ3) is 4.41. The number of ether oxygens (including phenoxy) is 1. The van der Waals surface area contributed by atoms with E-state index < -0.39 is 0 Å². The van der Waals surface area contributed by atoms with E-state index in [1.165, 1.54) is 4.90 Å². The minimum Gasteiger partial charge on any atom is -0.380 e. The van der Waals surface area contributed by atoms with Crippen LogP contribution in [-0.2, 0) is 9.53 Å². The molecule has 7 nitrogen and oxygen atoms in total. The highest BCUT2D eigenvalue weighted by Gasteiger charge is 2.30. The number of urea groups is 1. The van der Waals surface area contributed by atoms with Gasteiger partial charge in [0.25, 0.3) is 0 Å². The van der Waals surface area contributed by atoms with Crippen molar-refractivity contribution in [3.05, 3.63) is 0 Å². The van der Waals surface area contributed by atoms with Crippen LogP contribution in [0.4, 0.5) is 4.79 Å². The summed E-state index contributed by atoms with van der Waals surface area (Å²) in [5, 5.41) is 2.67. The second-order valence-electron chi connectivity index (χ2n) is 5.81. The molecule has 126 valence electrons. The molecular weight excluding hydrogens is 284 g/mol. The third-order valence-corrected chi connectivity index (χ3v) is 4.40. The summed E-state index contributed by atoms with van der Waals surface area (Å²) in [5.41, 5.74) is 0. The van der Waals surface area contributed by atoms with Gasteiger partial charge in [-0.15, -0.1) is 0 Å². The summed E-state index contributed by atoms with van der Waals surface area (Å²) in [5.74, 6) is -0.0902. The van der Waals surface area contributed by atoms with Gasteiger partial charge in [-0.05, 0) is 13.3 Å². The Morgan fingerprint density at radius 3 is 2.77 bits per heavy atom. The summed E-state index contributed by atoms with van der Waals surface area (Å²) in [4.78, 5) is 29.7. The third-order valence-electron chi connectivity index (χ3n) is 4.40. The lowest BCUT2D eigenvalue weighted by Gasteiger charge is -2.41. The molecule has 2 aliphatic heterocycles. The molecule has 2 rings (SSSR count). The zero-order valence-electron chi connectivity index (χ0n) is 13.7. The predicted octanol–water partition coefficient (Wildman–Crippen LogP) is -0.0291. The van der Waals surface area contributed by atoms with Gasteiger partial charge in [0.2, 0.25) is 5.91 Å². The maximum absolute atomic E-state index is 12.2. The molecule has 2 aliphatic rings. The van der Waals surface area contributed by atoms with Gasteiger partial charge in [0.15, 0.2) is 0 Å². The number of nitrogens with zero attached hydrogens (tertiary/aromatic N) is 3. The highest BCUT2D eigenvalue weighted by molar-refractivity contribution is 5.96. The Kier molecular flexibility index (Phi) is 6.60. The first-order valence-electron chi connectivity index (χ1n) is 8.28. The number of piperazine rings is 1. The lowest BCUT2D eigenvalue weighted by atomic mass is 10.1. The standard InChI is InChI=1S/C15H28N4O3/c1-3-13-11-17(7-8-18(13)9-10-22-4-2)12-14(20)19-6-5-16-15(19)21/h13H,3-12H2,1-2H3,(H,16,21). The monoisotopic (exact) mass is 312 g/mol. The van der Waals surface area contributed by atoms with Crippen molar-refractivity contribution in [1.29, 1.82) is 0 Å². The van der Waals surface area contributed by atoms with Crippen molar-refractivity contribution in [1.82, 2.24) is 20.0 Å². The summed E-state index contributed by atoms with van der Waals surface area (Å²) in [6, 6.07) is 0.196. The summed E-state index contributed by atoms with van der Waals surface area (Å²) >= 11 is 0. The number of imide groups is 1. The van der Waals surface area contributed by atoms with E-state index >= 15 is 0 Å². The molecule has 1 atom stereocenters. The van der Waals surface area contributed by atoms with Crippen LogP contribution in [0.5, 0.6) is 0 Å². The molecule has 0 aromatic rings. The SMILES string of the molecule is CCOCCN1CCN(CC(=O)N2CCNC2=O)CC1CC. The average molecular weight is 312 g/mol.